The number of ether oxygens (including phenoxy) is 2. The first-order chi connectivity index (χ1) is 17.2. The lowest BCUT2D eigenvalue weighted by molar-refractivity contribution is -0.156. The zero-order valence-corrected chi connectivity index (χ0v) is 20.3. The fourth-order valence-corrected chi connectivity index (χ4v) is 4.80. The fourth-order valence-electron chi connectivity index (χ4n) is 4.80. The third-order valence-corrected chi connectivity index (χ3v) is 7.02. The van der Waals surface area contributed by atoms with Crippen molar-refractivity contribution < 1.29 is 32.5 Å². The molecule has 0 aromatic heterocycles. The maximum atomic E-state index is 13.4. The molecule has 1 amide bonds. The quantitative estimate of drug-likeness (QED) is 0.510. The van der Waals surface area contributed by atoms with Crippen LogP contribution in [0.15, 0.2) is 60.4 Å². The van der Waals surface area contributed by atoms with Crippen LogP contribution in [-0.2, 0) is 33.7 Å². The Morgan fingerprint density at radius 3 is 2.28 bits per heavy atom. The van der Waals surface area contributed by atoms with E-state index >= 15 is 0 Å². The Hall–Kier alpha value is -2.84. The first kappa shape index (κ1) is 26.2. The van der Waals surface area contributed by atoms with Crippen molar-refractivity contribution in [3.05, 3.63) is 82.6 Å². The Balaban J connectivity index is 1.53. The van der Waals surface area contributed by atoms with Gasteiger partial charge in [-0.2, -0.15) is 13.2 Å². The number of carbonyl (C=O) groups is 1. The second-order valence-corrected chi connectivity index (χ2v) is 9.53. The van der Waals surface area contributed by atoms with Crippen LogP contribution in [0.3, 0.4) is 0 Å². The molecule has 1 aliphatic heterocycles. The number of hydrogen-bond acceptors (Lipinski definition) is 4. The van der Waals surface area contributed by atoms with Gasteiger partial charge in [0.25, 0.3) is 5.91 Å². The number of likely N-dealkylation sites (N-methyl/N-ethyl adjacent to an activating group) is 1. The van der Waals surface area contributed by atoms with Crippen LogP contribution in [0.5, 0.6) is 0 Å². The highest BCUT2D eigenvalue weighted by Crippen LogP contribution is 2.35. The number of rotatable bonds is 7. The highest BCUT2D eigenvalue weighted by molar-refractivity contribution is 5.91. The number of hydrogen-bond donors (Lipinski definition) is 1. The summed E-state index contributed by atoms with van der Waals surface area (Å²) < 4.78 is 51.1. The Bertz CT molecular complexity index is 1040. The van der Waals surface area contributed by atoms with Crippen LogP contribution >= 0.6 is 0 Å². The van der Waals surface area contributed by atoms with Gasteiger partial charge in [-0.25, -0.2) is 0 Å². The topological polar surface area (TPSA) is 59.0 Å². The molecule has 2 aromatic rings. The molecule has 8 heteroatoms. The summed E-state index contributed by atoms with van der Waals surface area (Å²) in [4.78, 5) is 15.1. The van der Waals surface area contributed by atoms with E-state index in [4.69, 9.17) is 9.47 Å². The second kappa shape index (κ2) is 11.5. The van der Waals surface area contributed by atoms with Gasteiger partial charge in [-0.15, -0.1) is 0 Å². The maximum absolute atomic E-state index is 13.4. The van der Waals surface area contributed by atoms with Gasteiger partial charge >= 0.3 is 6.18 Å². The van der Waals surface area contributed by atoms with Crippen molar-refractivity contribution in [3.63, 3.8) is 0 Å². The van der Waals surface area contributed by atoms with Crippen molar-refractivity contribution in [2.24, 2.45) is 0 Å². The molecule has 36 heavy (non-hydrogen) atoms. The van der Waals surface area contributed by atoms with Gasteiger partial charge in [-0.05, 0) is 47.7 Å². The van der Waals surface area contributed by atoms with Crippen molar-refractivity contribution in [2.75, 3.05) is 7.05 Å². The first-order valence-electron chi connectivity index (χ1n) is 12.4. The van der Waals surface area contributed by atoms with E-state index in [2.05, 4.69) is 0 Å². The third-order valence-electron chi connectivity index (χ3n) is 7.02. The van der Waals surface area contributed by atoms with E-state index in [1.54, 1.807) is 30.2 Å². The van der Waals surface area contributed by atoms with E-state index in [1.807, 2.05) is 12.1 Å². The average molecular weight is 504 g/mol. The highest BCUT2D eigenvalue weighted by Gasteiger charge is 2.34. The Morgan fingerprint density at radius 2 is 1.67 bits per heavy atom. The molecule has 0 unspecified atom stereocenters. The highest BCUT2D eigenvalue weighted by atomic mass is 19.4. The van der Waals surface area contributed by atoms with Crippen molar-refractivity contribution in [1.29, 1.82) is 0 Å². The van der Waals surface area contributed by atoms with Gasteiger partial charge in [0.15, 0.2) is 5.76 Å². The molecule has 0 saturated heterocycles. The van der Waals surface area contributed by atoms with Crippen LogP contribution in [0.25, 0.3) is 0 Å². The zero-order valence-electron chi connectivity index (χ0n) is 20.3. The molecule has 194 valence electrons. The van der Waals surface area contributed by atoms with Crippen molar-refractivity contribution in [3.8, 4) is 0 Å². The van der Waals surface area contributed by atoms with E-state index in [9.17, 15) is 23.1 Å². The summed E-state index contributed by atoms with van der Waals surface area (Å²) >= 11 is 0. The molecular formula is C28H32F3NO4. The van der Waals surface area contributed by atoms with Crippen LogP contribution in [0.2, 0.25) is 0 Å². The summed E-state index contributed by atoms with van der Waals surface area (Å²) in [6.45, 7) is 0.183. The molecule has 2 aromatic carbocycles. The molecule has 0 bridgehead atoms. The molecule has 2 atom stereocenters. The van der Waals surface area contributed by atoms with E-state index in [-0.39, 0.29) is 36.8 Å². The normalized spacial score (nSPS) is 21.0. The van der Waals surface area contributed by atoms with Gasteiger partial charge in [-0.1, -0.05) is 55.7 Å². The molecule has 5 nitrogen and oxygen atoms in total. The number of aliphatic hydroxyl groups excluding tert-OH is 1. The number of alkyl halides is 3. The number of carbonyl (C=O) groups excluding carboxylic acids is 1. The van der Waals surface area contributed by atoms with Gasteiger partial charge < -0.3 is 19.5 Å². The number of nitrogens with zero attached hydrogens (tertiary/aromatic N) is 1. The molecule has 1 aliphatic carbocycles. The van der Waals surface area contributed by atoms with Crippen LogP contribution in [0.4, 0.5) is 13.2 Å². The van der Waals surface area contributed by atoms with Gasteiger partial charge in [0.1, 0.15) is 0 Å². The molecule has 2 aliphatic rings. The van der Waals surface area contributed by atoms with Gasteiger partial charge in [0.2, 0.25) is 6.29 Å². The molecule has 1 fully saturated rings. The van der Waals surface area contributed by atoms with Gasteiger partial charge in [-0.3, -0.25) is 4.79 Å². The minimum atomic E-state index is -4.41. The predicted octanol–water partition coefficient (Wildman–Crippen LogP) is 5.92. The summed E-state index contributed by atoms with van der Waals surface area (Å²) in [5.41, 5.74) is 1.62. The number of aliphatic hydroxyl groups is 1. The van der Waals surface area contributed by atoms with Gasteiger partial charge in [0, 0.05) is 25.4 Å². The number of halogens is 3. The smallest absolute Gasteiger partial charge is 0.416 e. The van der Waals surface area contributed by atoms with E-state index in [0.717, 1.165) is 48.9 Å². The van der Waals surface area contributed by atoms with Crippen LogP contribution in [0, 0.1) is 0 Å². The molecule has 1 saturated carbocycles. The summed E-state index contributed by atoms with van der Waals surface area (Å²) in [7, 11) is 1.78. The largest absolute Gasteiger partial charge is 0.459 e. The summed E-state index contributed by atoms with van der Waals surface area (Å²) in [6, 6.07) is 12.5. The molecule has 1 heterocycles. The standard InChI is InChI=1S/C28H32F3NO4/c1-32(24-5-3-2-4-6-24)27(34)25-15-22(21-11-13-23(14-12-21)28(29,30)31)16-26(36-25)35-18-20-9-7-19(17-33)8-10-20/h7-15,22,24,26,33H,2-6,16-18H2,1H3/t22-,26+/m0/s1. The predicted molar refractivity (Wildman–Crippen MR) is 129 cm³/mol. The number of benzene rings is 2. The molecule has 0 spiro atoms. The first-order valence-corrected chi connectivity index (χ1v) is 12.4. The minimum Gasteiger partial charge on any atom is -0.459 e. The maximum Gasteiger partial charge on any atom is 0.416 e. The van der Waals surface area contributed by atoms with Crippen molar-refractivity contribution >= 4 is 5.91 Å². The Kier molecular flexibility index (Phi) is 8.36. The lowest BCUT2D eigenvalue weighted by atomic mass is 9.91. The summed E-state index contributed by atoms with van der Waals surface area (Å²) in [6.07, 6.45) is 2.15. The molecular weight excluding hydrogens is 471 g/mol. The second-order valence-electron chi connectivity index (χ2n) is 9.53. The van der Waals surface area contributed by atoms with E-state index < -0.39 is 18.0 Å². The molecule has 4 rings (SSSR count). The fraction of sp³-hybridized carbons (Fsp3) is 0.464. The van der Waals surface area contributed by atoms with E-state index in [1.165, 1.54) is 18.6 Å². The monoisotopic (exact) mass is 503 g/mol. The Labute approximate surface area is 209 Å². The molecule has 0 radical (unpaired) electrons. The summed E-state index contributed by atoms with van der Waals surface area (Å²) in [5.74, 6) is -0.402. The lowest BCUT2D eigenvalue weighted by Crippen LogP contribution is -2.41. The van der Waals surface area contributed by atoms with Crippen LogP contribution in [0.1, 0.15) is 66.7 Å². The number of allylic oxidation sites excluding steroid dienone is 1. The summed E-state index contributed by atoms with van der Waals surface area (Å²) in [5, 5.41) is 9.23. The van der Waals surface area contributed by atoms with E-state index in [0.29, 0.717) is 12.0 Å². The number of amides is 1. The molecule has 1 N–H and O–H groups in total. The average Bonchev–Trinajstić information content (AvgIpc) is 2.91. The minimum absolute atomic E-state index is 0.0491. The van der Waals surface area contributed by atoms with Crippen molar-refractivity contribution in [2.45, 2.75) is 76.2 Å². The van der Waals surface area contributed by atoms with Gasteiger partial charge in [0.05, 0.1) is 18.8 Å². The SMILES string of the molecule is CN(C(=O)C1=C[C@H](c2ccc(C(F)(F)F)cc2)C[C@H](OCc2ccc(CO)cc2)O1)C1CCCCC1. The third kappa shape index (κ3) is 6.48. The Morgan fingerprint density at radius 1 is 1.03 bits per heavy atom. The van der Waals surface area contributed by atoms with Crippen LogP contribution in [-0.4, -0.2) is 35.3 Å². The van der Waals surface area contributed by atoms with Crippen molar-refractivity contribution in [1.82, 2.24) is 4.90 Å². The lowest BCUT2D eigenvalue weighted by Gasteiger charge is -2.34. The van der Waals surface area contributed by atoms with Crippen LogP contribution < -0.4 is 0 Å². The zero-order chi connectivity index (χ0) is 25.7.